The predicted molar refractivity (Wildman–Crippen MR) is 163 cm³/mol. The third kappa shape index (κ3) is 5.71. The molecule has 6 rings (SSSR count). The minimum Gasteiger partial charge on any atom is -0.490 e. The molecule has 0 unspecified atom stereocenters. The quantitative estimate of drug-likeness (QED) is 0.234. The topological polar surface area (TPSA) is 96.6 Å². The highest BCUT2D eigenvalue weighted by Gasteiger charge is 2.35. The molecule has 8 nitrogen and oxygen atoms in total. The van der Waals surface area contributed by atoms with Gasteiger partial charge in [0.1, 0.15) is 24.0 Å². The van der Waals surface area contributed by atoms with Crippen molar-refractivity contribution in [3.63, 3.8) is 0 Å². The van der Waals surface area contributed by atoms with Crippen LogP contribution in [-0.4, -0.2) is 40.2 Å². The Hall–Kier alpha value is -4.89. The van der Waals surface area contributed by atoms with Crippen LogP contribution < -0.4 is 14.2 Å². The molecule has 1 N–H and O–H groups in total. The number of amides is 1. The fourth-order valence-electron chi connectivity index (χ4n) is 4.49. The van der Waals surface area contributed by atoms with Crippen LogP contribution in [0.2, 0.25) is 0 Å². The van der Waals surface area contributed by atoms with Crippen molar-refractivity contribution in [2.45, 2.75) is 13.5 Å². The maximum Gasteiger partial charge on any atom is 0.283 e. The van der Waals surface area contributed by atoms with Crippen LogP contribution in [0.3, 0.4) is 0 Å². The van der Waals surface area contributed by atoms with E-state index in [0.29, 0.717) is 46.2 Å². The molecule has 0 saturated carbocycles. The Morgan fingerprint density at radius 2 is 1.68 bits per heavy atom. The molecule has 0 aromatic heterocycles. The van der Waals surface area contributed by atoms with E-state index in [0.717, 1.165) is 16.3 Å². The Labute approximate surface area is 241 Å². The summed E-state index contributed by atoms with van der Waals surface area (Å²) < 4.78 is 17.8. The maximum absolute atomic E-state index is 12.9. The number of rotatable bonds is 9. The molecule has 4 aromatic rings. The second-order valence-electron chi connectivity index (χ2n) is 9.18. The molecule has 0 aliphatic carbocycles. The fourth-order valence-corrected chi connectivity index (χ4v) is 5.29. The summed E-state index contributed by atoms with van der Waals surface area (Å²) in [4.78, 5) is 17.1. The van der Waals surface area contributed by atoms with Crippen molar-refractivity contribution < 1.29 is 19.0 Å². The van der Waals surface area contributed by atoms with Gasteiger partial charge in [0.25, 0.3) is 5.91 Å². The third-order valence-electron chi connectivity index (χ3n) is 6.44. The number of benzene rings is 4. The molecule has 204 valence electrons. The van der Waals surface area contributed by atoms with Crippen LogP contribution in [0.25, 0.3) is 16.8 Å². The molecule has 0 radical (unpaired) electrons. The minimum atomic E-state index is -0.497. The number of carbonyl (C=O) groups excluding carboxylic acids is 1. The Kier molecular flexibility index (Phi) is 7.51. The van der Waals surface area contributed by atoms with Crippen LogP contribution in [0.4, 0.5) is 0 Å². The van der Waals surface area contributed by atoms with Crippen molar-refractivity contribution in [3.05, 3.63) is 108 Å². The van der Waals surface area contributed by atoms with E-state index < -0.39 is 5.91 Å². The van der Waals surface area contributed by atoms with E-state index in [1.165, 1.54) is 16.8 Å². The number of aliphatic imine (C=N–C) groups is 1. The molecule has 0 bridgehead atoms. The van der Waals surface area contributed by atoms with Gasteiger partial charge in [0.05, 0.1) is 12.2 Å². The standard InChI is InChI=1S/C32H26N4O4S/c1-2-38-28-18-21(15-16-27(28)40-19-23-11-8-10-22-9-6-7-14-25(22)23)17-26-30(33)36-32(34-31(26)37)41-29(35-36)20-39-24-12-4-3-5-13-24/h3-18,33H,2,19-20H2,1H3/b26-17+,33-30?. The smallest absolute Gasteiger partial charge is 0.283 e. The largest absolute Gasteiger partial charge is 0.490 e. The Bertz CT molecular complexity index is 1730. The van der Waals surface area contributed by atoms with Crippen LogP contribution >= 0.6 is 11.8 Å². The highest BCUT2D eigenvalue weighted by molar-refractivity contribution is 8.27. The maximum atomic E-state index is 12.9. The summed E-state index contributed by atoms with van der Waals surface area (Å²) in [6.45, 7) is 2.94. The van der Waals surface area contributed by atoms with E-state index in [4.69, 9.17) is 19.6 Å². The molecule has 0 fully saturated rings. The second kappa shape index (κ2) is 11.7. The van der Waals surface area contributed by atoms with Crippen molar-refractivity contribution in [2.75, 3.05) is 13.2 Å². The van der Waals surface area contributed by atoms with E-state index >= 15 is 0 Å². The lowest BCUT2D eigenvalue weighted by atomic mass is 10.1. The summed E-state index contributed by atoms with van der Waals surface area (Å²) in [6, 6.07) is 29.2. The summed E-state index contributed by atoms with van der Waals surface area (Å²) in [5.41, 5.74) is 1.89. The van der Waals surface area contributed by atoms with Gasteiger partial charge in [-0.25, -0.2) is 0 Å². The molecule has 0 atom stereocenters. The van der Waals surface area contributed by atoms with Gasteiger partial charge in [-0.05, 0) is 70.9 Å². The van der Waals surface area contributed by atoms with Gasteiger partial charge in [-0.3, -0.25) is 10.2 Å². The number of nitrogens with one attached hydrogen (secondary N) is 1. The summed E-state index contributed by atoms with van der Waals surface area (Å²) in [5.74, 6) is 1.32. The average molecular weight is 563 g/mol. The van der Waals surface area contributed by atoms with Crippen LogP contribution in [0.15, 0.2) is 107 Å². The zero-order chi connectivity index (χ0) is 28.2. The van der Waals surface area contributed by atoms with Crippen LogP contribution in [0.5, 0.6) is 17.2 Å². The molecule has 0 saturated heterocycles. The van der Waals surface area contributed by atoms with Crippen LogP contribution in [0, 0.1) is 5.41 Å². The van der Waals surface area contributed by atoms with E-state index in [1.54, 1.807) is 12.1 Å². The van der Waals surface area contributed by atoms with Gasteiger partial charge in [-0.15, -0.1) is 0 Å². The molecular weight excluding hydrogens is 536 g/mol. The number of ether oxygens (including phenoxy) is 3. The highest BCUT2D eigenvalue weighted by atomic mass is 32.2. The Morgan fingerprint density at radius 3 is 2.54 bits per heavy atom. The lowest BCUT2D eigenvalue weighted by Crippen LogP contribution is -2.35. The number of thioether (sulfide) groups is 1. The number of carbonyl (C=O) groups is 1. The van der Waals surface area contributed by atoms with E-state index in [2.05, 4.69) is 34.4 Å². The van der Waals surface area contributed by atoms with Crippen molar-refractivity contribution in [1.29, 1.82) is 5.41 Å². The van der Waals surface area contributed by atoms with Gasteiger partial charge in [0.15, 0.2) is 17.3 Å². The normalized spacial score (nSPS) is 15.5. The van der Waals surface area contributed by atoms with Crippen molar-refractivity contribution in [1.82, 2.24) is 5.01 Å². The molecule has 9 heteroatoms. The number of fused-ring (bicyclic) bond motifs is 2. The molecule has 1 amide bonds. The SMILES string of the molecule is CCOc1cc(/C=C2\C(=N)N3N=C(COc4ccccc4)SC3=NC2=O)ccc1OCc1cccc2ccccc12. The predicted octanol–water partition coefficient (Wildman–Crippen LogP) is 6.52. The molecule has 4 aromatic carbocycles. The van der Waals surface area contributed by atoms with Gasteiger partial charge >= 0.3 is 0 Å². The number of nitrogens with zero attached hydrogens (tertiary/aromatic N) is 3. The second-order valence-corrected chi connectivity index (χ2v) is 10.2. The molecule has 2 aliphatic rings. The number of hydrogen-bond donors (Lipinski definition) is 1. The van der Waals surface area contributed by atoms with Gasteiger partial charge in [0, 0.05) is 0 Å². The Balaban J connectivity index is 1.19. The van der Waals surface area contributed by atoms with Crippen molar-refractivity contribution in [3.8, 4) is 17.2 Å². The zero-order valence-corrected chi connectivity index (χ0v) is 23.1. The van der Waals surface area contributed by atoms with Crippen LogP contribution in [0.1, 0.15) is 18.1 Å². The van der Waals surface area contributed by atoms with Gasteiger partial charge in [0.2, 0.25) is 5.17 Å². The van der Waals surface area contributed by atoms with Gasteiger partial charge < -0.3 is 14.2 Å². The zero-order valence-electron chi connectivity index (χ0n) is 22.2. The first-order valence-electron chi connectivity index (χ1n) is 13.1. The number of para-hydroxylation sites is 1. The lowest BCUT2D eigenvalue weighted by molar-refractivity contribution is -0.114. The summed E-state index contributed by atoms with van der Waals surface area (Å²) in [5, 5.41) is 17.8. The average Bonchev–Trinajstić information content (AvgIpc) is 3.41. The summed E-state index contributed by atoms with van der Waals surface area (Å²) in [7, 11) is 0. The number of hydrazone groups is 1. The molecule has 0 spiro atoms. The van der Waals surface area contributed by atoms with Gasteiger partial charge in [-0.2, -0.15) is 15.1 Å². The first kappa shape index (κ1) is 26.3. The van der Waals surface area contributed by atoms with Crippen LogP contribution in [-0.2, 0) is 11.4 Å². The first-order valence-corrected chi connectivity index (χ1v) is 13.9. The minimum absolute atomic E-state index is 0.0450. The highest BCUT2D eigenvalue weighted by Crippen LogP contribution is 2.33. The third-order valence-corrected chi connectivity index (χ3v) is 7.33. The summed E-state index contributed by atoms with van der Waals surface area (Å²) >= 11 is 1.22. The van der Waals surface area contributed by atoms with Crippen molar-refractivity contribution in [2.24, 2.45) is 10.1 Å². The number of amidine groups is 2. The molecule has 2 aliphatic heterocycles. The molecule has 41 heavy (non-hydrogen) atoms. The number of hydrogen-bond acceptors (Lipinski definition) is 7. The Morgan fingerprint density at radius 1 is 0.878 bits per heavy atom. The van der Waals surface area contributed by atoms with Gasteiger partial charge in [-0.1, -0.05) is 66.7 Å². The van der Waals surface area contributed by atoms with E-state index in [9.17, 15) is 4.79 Å². The molecular formula is C32H26N4O4S. The van der Waals surface area contributed by atoms with Crippen molar-refractivity contribution >= 4 is 50.6 Å². The van der Waals surface area contributed by atoms with E-state index in [1.807, 2.05) is 67.6 Å². The molecule has 2 heterocycles. The fraction of sp³-hybridized carbons (Fsp3) is 0.125. The summed E-state index contributed by atoms with van der Waals surface area (Å²) in [6.07, 6.45) is 1.63. The first-order chi connectivity index (χ1) is 20.1. The lowest BCUT2D eigenvalue weighted by Gasteiger charge is -2.20. The van der Waals surface area contributed by atoms with E-state index in [-0.39, 0.29) is 18.0 Å². The monoisotopic (exact) mass is 562 g/mol.